The fourth-order valence-corrected chi connectivity index (χ4v) is 6.73. The lowest BCUT2D eigenvalue weighted by molar-refractivity contribution is -0.137. The van der Waals surface area contributed by atoms with Crippen LogP contribution >= 0.6 is 0 Å². The molecular formula is C35H31N3O5. The number of carbonyl (C=O) groups excluding carboxylic acids is 3. The first kappa shape index (κ1) is 27.1. The smallest absolute Gasteiger partial charge is 0.263 e. The van der Waals surface area contributed by atoms with Crippen molar-refractivity contribution in [3.63, 3.8) is 0 Å². The summed E-state index contributed by atoms with van der Waals surface area (Å²) in [5.41, 5.74) is 3.08. The van der Waals surface area contributed by atoms with Crippen molar-refractivity contribution < 1.29 is 24.6 Å². The van der Waals surface area contributed by atoms with E-state index in [0.717, 1.165) is 27.6 Å². The molecule has 0 saturated heterocycles. The third-order valence-corrected chi connectivity index (χ3v) is 9.09. The van der Waals surface area contributed by atoms with E-state index in [1.807, 2.05) is 60.7 Å². The topological polar surface area (TPSA) is 110 Å². The number of amides is 3. The molecule has 43 heavy (non-hydrogen) atoms. The van der Waals surface area contributed by atoms with Crippen LogP contribution in [0.15, 0.2) is 91.0 Å². The van der Waals surface area contributed by atoms with Crippen LogP contribution in [0.25, 0.3) is 10.8 Å². The van der Waals surface area contributed by atoms with Crippen LogP contribution in [-0.2, 0) is 28.2 Å². The molecule has 3 N–H and O–H groups in total. The van der Waals surface area contributed by atoms with Crippen LogP contribution in [0, 0.1) is 5.92 Å². The van der Waals surface area contributed by atoms with E-state index in [1.54, 1.807) is 47.1 Å². The van der Waals surface area contributed by atoms with Crippen LogP contribution in [0.2, 0.25) is 0 Å². The summed E-state index contributed by atoms with van der Waals surface area (Å²) in [4.78, 5) is 43.2. The largest absolute Gasteiger partial charge is 0.394 e. The molecule has 3 atom stereocenters. The van der Waals surface area contributed by atoms with Crippen molar-refractivity contribution >= 4 is 45.6 Å². The lowest BCUT2D eigenvalue weighted by Gasteiger charge is -2.36. The molecule has 3 heterocycles. The zero-order chi connectivity index (χ0) is 29.9. The summed E-state index contributed by atoms with van der Waals surface area (Å²) in [5, 5.41) is 26.4. The van der Waals surface area contributed by atoms with E-state index in [1.165, 1.54) is 0 Å². The second-order valence-corrected chi connectivity index (χ2v) is 11.5. The monoisotopic (exact) mass is 573 g/mol. The Labute approximate surface area is 248 Å². The van der Waals surface area contributed by atoms with Crippen LogP contribution in [0.5, 0.6) is 0 Å². The highest BCUT2D eigenvalue weighted by Gasteiger charge is 2.49. The molecule has 0 spiro atoms. The van der Waals surface area contributed by atoms with Gasteiger partial charge in [-0.05, 0) is 53.3 Å². The summed E-state index contributed by atoms with van der Waals surface area (Å²) in [6.07, 6.45) is 4.02. The highest BCUT2D eigenvalue weighted by atomic mass is 16.3. The number of nitrogens with zero attached hydrogens (tertiary/aromatic N) is 2. The maximum atomic E-state index is 13.5. The molecule has 8 heteroatoms. The van der Waals surface area contributed by atoms with Crippen LogP contribution in [0.1, 0.15) is 40.4 Å². The van der Waals surface area contributed by atoms with Crippen molar-refractivity contribution in [2.45, 2.75) is 38.0 Å². The van der Waals surface area contributed by atoms with E-state index < -0.39 is 17.4 Å². The maximum Gasteiger partial charge on any atom is 0.263 e. The Hall–Kier alpha value is -4.79. The number of hydrogen-bond donors (Lipinski definition) is 3. The van der Waals surface area contributed by atoms with Crippen molar-refractivity contribution in [1.82, 2.24) is 4.90 Å². The van der Waals surface area contributed by atoms with Crippen LogP contribution in [0.4, 0.5) is 17.1 Å². The molecule has 0 saturated carbocycles. The molecule has 3 aliphatic rings. The highest BCUT2D eigenvalue weighted by molar-refractivity contribution is 6.28. The first-order valence-electron chi connectivity index (χ1n) is 14.5. The summed E-state index contributed by atoms with van der Waals surface area (Å²) in [5.74, 6) is -1.54. The minimum Gasteiger partial charge on any atom is -0.394 e. The quantitative estimate of drug-likeness (QED) is 0.287. The Balaban J connectivity index is 1.13. The van der Waals surface area contributed by atoms with Gasteiger partial charge >= 0.3 is 0 Å². The van der Waals surface area contributed by atoms with Gasteiger partial charge in [0.05, 0.1) is 23.9 Å². The molecule has 4 aromatic carbocycles. The van der Waals surface area contributed by atoms with Gasteiger partial charge in [0.1, 0.15) is 0 Å². The van der Waals surface area contributed by atoms with E-state index in [4.69, 9.17) is 0 Å². The van der Waals surface area contributed by atoms with Crippen molar-refractivity contribution in [3.8, 4) is 0 Å². The van der Waals surface area contributed by atoms with Gasteiger partial charge in [0, 0.05) is 41.2 Å². The molecule has 0 unspecified atom stereocenters. The van der Waals surface area contributed by atoms with Gasteiger partial charge in [-0.2, -0.15) is 0 Å². The SMILES string of the molecule is C[C@@H](/C=C/CC(=O)N1Cc2ccccc2C[C@H]1CO)[C@]1(O)C(=O)Nc2ccc(N3C(=O)c4cccc5cccc3c45)cc21. The number of anilines is 3. The predicted octanol–water partition coefficient (Wildman–Crippen LogP) is 4.80. The summed E-state index contributed by atoms with van der Waals surface area (Å²) in [6, 6.07) is 24.2. The van der Waals surface area contributed by atoms with Gasteiger partial charge < -0.3 is 20.4 Å². The lowest BCUT2D eigenvalue weighted by atomic mass is 9.82. The minimum atomic E-state index is -1.90. The summed E-state index contributed by atoms with van der Waals surface area (Å²) in [6.45, 7) is 2.03. The van der Waals surface area contributed by atoms with Crippen LogP contribution in [0.3, 0.4) is 0 Å². The number of hydrogen-bond acceptors (Lipinski definition) is 5. The standard InChI is InChI=1S/C35H31N3O5/c1-21(7-4-14-31(40)37-19-24-9-3-2-8-23(24)17-26(37)20-39)35(43)28-18-25(15-16-29(28)36-34(35)42)38-30-13-6-11-22-10-5-12-27(32(22)30)33(38)41/h2-13,15-16,18,21,26,39,43H,14,17,19-20H2,1H3,(H,36,42)/b7-4+/t21-,26-,35+/m0/s1. The second-order valence-electron chi connectivity index (χ2n) is 11.5. The van der Waals surface area contributed by atoms with Crippen molar-refractivity contribution in [2.75, 3.05) is 16.8 Å². The first-order chi connectivity index (χ1) is 20.8. The zero-order valence-corrected chi connectivity index (χ0v) is 23.7. The summed E-state index contributed by atoms with van der Waals surface area (Å²) >= 11 is 0. The van der Waals surface area contributed by atoms with Gasteiger partial charge in [-0.3, -0.25) is 19.3 Å². The molecule has 0 aliphatic carbocycles. The fraction of sp³-hybridized carbons (Fsp3) is 0.229. The molecule has 0 fully saturated rings. The third-order valence-electron chi connectivity index (χ3n) is 9.09. The Kier molecular flexibility index (Phi) is 6.41. The zero-order valence-electron chi connectivity index (χ0n) is 23.7. The van der Waals surface area contributed by atoms with Gasteiger partial charge in [0.25, 0.3) is 11.8 Å². The molecule has 0 bridgehead atoms. The third kappa shape index (κ3) is 4.17. The van der Waals surface area contributed by atoms with E-state index in [-0.39, 0.29) is 30.9 Å². The fourth-order valence-electron chi connectivity index (χ4n) is 6.73. The number of benzene rings is 4. The lowest BCUT2D eigenvalue weighted by Crippen LogP contribution is -2.46. The predicted molar refractivity (Wildman–Crippen MR) is 164 cm³/mol. The average molecular weight is 574 g/mol. The minimum absolute atomic E-state index is 0.0676. The molecule has 3 amide bonds. The summed E-state index contributed by atoms with van der Waals surface area (Å²) in [7, 11) is 0. The molecule has 0 aromatic heterocycles. The van der Waals surface area contributed by atoms with Crippen molar-refractivity contribution in [1.29, 1.82) is 0 Å². The first-order valence-corrected chi connectivity index (χ1v) is 14.5. The van der Waals surface area contributed by atoms with E-state index >= 15 is 0 Å². The molecule has 7 rings (SSSR count). The van der Waals surface area contributed by atoms with Gasteiger partial charge in [-0.15, -0.1) is 0 Å². The number of fused-ring (bicyclic) bond motifs is 2. The Bertz CT molecular complexity index is 1840. The highest BCUT2D eigenvalue weighted by Crippen LogP contribution is 2.47. The second kappa shape index (κ2) is 10.2. The van der Waals surface area contributed by atoms with E-state index in [9.17, 15) is 24.6 Å². The van der Waals surface area contributed by atoms with Gasteiger partial charge in [0.15, 0.2) is 5.60 Å². The number of rotatable bonds is 6. The Morgan fingerprint density at radius 2 is 1.81 bits per heavy atom. The summed E-state index contributed by atoms with van der Waals surface area (Å²) < 4.78 is 0. The molecule has 3 aliphatic heterocycles. The number of aliphatic hydroxyl groups excluding tert-OH is 1. The van der Waals surface area contributed by atoms with E-state index in [0.29, 0.717) is 35.5 Å². The van der Waals surface area contributed by atoms with Crippen molar-refractivity contribution in [3.05, 3.63) is 113 Å². The average Bonchev–Trinajstić information content (AvgIpc) is 3.46. The molecule has 216 valence electrons. The molecule has 8 nitrogen and oxygen atoms in total. The van der Waals surface area contributed by atoms with E-state index in [2.05, 4.69) is 5.32 Å². The van der Waals surface area contributed by atoms with Crippen LogP contribution < -0.4 is 10.2 Å². The van der Waals surface area contributed by atoms with Gasteiger partial charge in [-0.1, -0.05) is 67.6 Å². The number of nitrogens with one attached hydrogen (secondary N) is 1. The normalized spacial score (nSPS) is 21.3. The molecule has 4 aromatic rings. The van der Waals surface area contributed by atoms with Gasteiger partial charge in [-0.25, -0.2) is 0 Å². The molecule has 0 radical (unpaired) electrons. The molecular weight excluding hydrogens is 542 g/mol. The van der Waals surface area contributed by atoms with Crippen LogP contribution in [-0.4, -0.2) is 45.5 Å². The van der Waals surface area contributed by atoms with Gasteiger partial charge in [0.2, 0.25) is 5.91 Å². The van der Waals surface area contributed by atoms with Crippen molar-refractivity contribution in [2.24, 2.45) is 5.92 Å². The Morgan fingerprint density at radius 1 is 1.05 bits per heavy atom. The number of aliphatic hydroxyl groups is 2. The maximum absolute atomic E-state index is 13.5. The Morgan fingerprint density at radius 3 is 2.60 bits per heavy atom. The number of carbonyl (C=O) groups is 3.